The van der Waals surface area contributed by atoms with Crippen LogP contribution in [0, 0.1) is 0 Å². The summed E-state index contributed by atoms with van der Waals surface area (Å²) in [6.45, 7) is 4.57. The second-order valence-corrected chi connectivity index (χ2v) is 10.1. The standard InChI is InChI=1S/C21H17Cl2N3OS2/c1-12(2)14-7-5-8-16-18(14)25-21(28-16)26(11-13-6-3-4-9-24-13)20(27)15-10-17(22)29-19(15)23/h3-10,12H,11H2,1-2H3. The van der Waals surface area contributed by atoms with Crippen molar-refractivity contribution in [3.63, 3.8) is 0 Å². The van der Waals surface area contributed by atoms with Crippen molar-refractivity contribution in [2.45, 2.75) is 26.3 Å². The Hall–Kier alpha value is -1.99. The van der Waals surface area contributed by atoms with Gasteiger partial charge in [-0.05, 0) is 35.7 Å². The number of hydrogen-bond acceptors (Lipinski definition) is 5. The van der Waals surface area contributed by atoms with Gasteiger partial charge in [-0.25, -0.2) is 4.98 Å². The smallest absolute Gasteiger partial charge is 0.262 e. The van der Waals surface area contributed by atoms with E-state index in [1.165, 1.54) is 22.7 Å². The number of hydrogen-bond donors (Lipinski definition) is 0. The van der Waals surface area contributed by atoms with Crippen LogP contribution in [0.5, 0.6) is 0 Å². The molecule has 1 amide bonds. The molecule has 0 aliphatic rings. The van der Waals surface area contributed by atoms with E-state index in [4.69, 9.17) is 28.2 Å². The summed E-state index contributed by atoms with van der Waals surface area (Å²) in [5.41, 5.74) is 3.23. The summed E-state index contributed by atoms with van der Waals surface area (Å²) in [6, 6.07) is 13.4. The molecule has 0 atom stereocenters. The van der Waals surface area contributed by atoms with Crippen molar-refractivity contribution >= 4 is 67.1 Å². The Morgan fingerprint density at radius 3 is 2.62 bits per heavy atom. The molecule has 0 unspecified atom stereocenters. The first kappa shape index (κ1) is 20.3. The monoisotopic (exact) mass is 461 g/mol. The summed E-state index contributed by atoms with van der Waals surface area (Å²) in [7, 11) is 0. The maximum Gasteiger partial charge on any atom is 0.262 e. The normalized spacial score (nSPS) is 11.3. The summed E-state index contributed by atoms with van der Waals surface area (Å²) in [6.07, 6.45) is 1.71. The SMILES string of the molecule is CC(C)c1cccc2sc(N(Cc3ccccn3)C(=O)c3cc(Cl)sc3Cl)nc12. The molecule has 0 radical (unpaired) electrons. The van der Waals surface area contributed by atoms with Gasteiger partial charge in [-0.3, -0.25) is 14.7 Å². The number of carbonyl (C=O) groups excluding carboxylic acids is 1. The number of fused-ring (bicyclic) bond motifs is 1. The Morgan fingerprint density at radius 2 is 1.97 bits per heavy atom. The first-order chi connectivity index (χ1) is 13.9. The molecule has 3 aromatic heterocycles. The van der Waals surface area contributed by atoms with Crippen molar-refractivity contribution < 1.29 is 4.79 Å². The first-order valence-corrected chi connectivity index (χ1v) is 11.4. The van der Waals surface area contributed by atoms with Crippen LogP contribution in [0.2, 0.25) is 8.67 Å². The minimum absolute atomic E-state index is 0.242. The van der Waals surface area contributed by atoms with Crippen molar-refractivity contribution in [2.24, 2.45) is 0 Å². The van der Waals surface area contributed by atoms with Crippen molar-refractivity contribution in [1.29, 1.82) is 0 Å². The van der Waals surface area contributed by atoms with E-state index in [9.17, 15) is 4.79 Å². The van der Waals surface area contributed by atoms with Gasteiger partial charge >= 0.3 is 0 Å². The first-order valence-electron chi connectivity index (χ1n) is 9.00. The molecule has 4 aromatic rings. The van der Waals surface area contributed by atoms with E-state index in [1.807, 2.05) is 30.3 Å². The van der Waals surface area contributed by atoms with Crippen molar-refractivity contribution in [1.82, 2.24) is 9.97 Å². The molecule has 0 aliphatic carbocycles. The highest BCUT2D eigenvalue weighted by Crippen LogP contribution is 2.37. The highest BCUT2D eigenvalue weighted by molar-refractivity contribution is 7.22. The maximum absolute atomic E-state index is 13.4. The molecule has 29 heavy (non-hydrogen) atoms. The van der Waals surface area contributed by atoms with Gasteiger partial charge in [-0.1, -0.05) is 66.6 Å². The number of benzene rings is 1. The number of amides is 1. The lowest BCUT2D eigenvalue weighted by Crippen LogP contribution is -2.30. The van der Waals surface area contributed by atoms with Crippen LogP contribution in [0.15, 0.2) is 48.7 Å². The van der Waals surface area contributed by atoms with Gasteiger partial charge in [0.15, 0.2) is 5.13 Å². The van der Waals surface area contributed by atoms with Crippen LogP contribution in [0.1, 0.15) is 41.4 Å². The van der Waals surface area contributed by atoms with Gasteiger partial charge in [-0.15, -0.1) is 11.3 Å². The fourth-order valence-electron chi connectivity index (χ4n) is 3.05. The third-order valence-corrected chi connectivity index (χ3v) is 7.00. The number of halogens is 2. The molecule has 4 nitrogen and oxygen atoms in total. The Kier molecular flexibility index (Phi) is 5.88. The van der Waals surface area contributed by atoms with Crippen LogP contribution in [0.3, 0.4) is 0 Å². The van der Waals surface area contributed by atoms with Gasteiger partial charge in [0.25, 0.3) is 5.91 Å². The van der Waals surface area contributed by atoms with Crippen LogP contribution >= 0.6 is 45.9 Å². The van der Waals surface area contributed by atoms with Crippen LogP contribution < -0.4 is 4.90 Å². The highest BCUT2D eigenvalue weighted by Gasteiger charge is 2.26. The van der Waals surface area contributed by atoms with Crippen LogP contribution in [0.25, 0.3) is 10.2 Å². The van der Waals surface area contributed by atoms with Gasteiger partial charge in [0, 0.05) is 6.20 Å². The van der Waals surface area contributed by atoms with Crippen molar-refractivity contribution in [3.8, 4) is 0 Å². The minimum atomic E-state index is -0.242. The molecule has 1 aromatic carbocycles. The third kappa shape index (κ3) is 4.16. The number of aromatic nitrogens is 2. The molecule has 0 aliphatic heterocycles. The molecule has 8 heteroatoms. The highest BCUT2D eigenvalue weighted by atomic mass is 35.5. The lowest BCUT2D eigenvalue weighted by Gasteiger charge is -2.19. The fraction of sp³-hybridized carbons (Fsp3) is 0.190. The van der Waals surface area contributed by atoms with Crippen LogP contribution in [-0.2, 0) is 6.54 Å². The molecule has 4 rings (SSSR count). The maximum atomic E-state index is 13.4. The second-order valence-electron chi connectivity index (χ2n) is 6.80. The number of para-hydroxylation sites is 1. The predicted molar refractivity (Wildman–Crippen MR) is 123 cm³/mol. The van der Waals surface area contributed by atoms with Gasteiger partial charge in [0.1, 0.15) is 4.34 Å². The quantitative estimate of drug-likeness (QED) is 0.320. The molecular formula is C21H17Cl2N3OS2. The van der Waals surface area contributed by atoms with E-state index in [1.54, 1.807) is 17.2 Å². The van der Waals surface area contributed by atoms with E-state index in [-0.39, 0.29) is 5.91 Å². The van der Waals surface area contributed by atoms with E-state index in [0.717, 1.165) is 21.5 Å². The Morgan fingerprint density at radius 1 is 1.14 bits per heavy atom. The molecule has 3 heterocycles. The zero-order valence-electron chi connectivity index (χ0n) is 15.7. The summed E-state index contributed by atoms with van der Waals surface area (Å²) < 4.78 is 1.89. The summed E-state index contributed by atoms with van der Waals surface area (Å²) in [4.78, 5) is 24.2. The van der Waals surface area contributed by atoms with Crippen molar-refractivity contribution in [2.75, 3.05) is 4.90 Å². The number of rotatable bonds is 5. The average Bonchev–Trinajstić information content (AvgIpc) is 3.28. The summed E-state index contributed by atoms with van der Waals surface area (Å²) in [5.74, 6) is 0.0904. The molecule has 148 valence electrons. The predicted octanol–water partition coefficient (Wildman–Crippen LogP) is 7.03. The van der Waals surface area contributed by atoms with E-state index >= 15 is 0 Å². The largest absolute Gasteiger partial charge is 0.278 e. The number of nitrogens with zero attached hydrogens (tertiary/aromatic N) is 3. The number of anilines is 1. The number of pyridine rings is 1. The van der Waals surface area contributed by atoms with E-state index < -0.39 is 0 Å². The van der Waals surface area contributed by atoms with Gasteiger partial charge < -0.3 is 0 Å². The molecular weight excluding hydrogens is 445 g/mol. The van der Waals surface area contributed by atoms with Crippen LogP contribution in [-0.4, -0.2) is 15.9 Å². The second kappa shape index (κ2) is 8.40. The third-order valence-electron chi connectivity index (χ3n) is 4.47. The Balaban J connectivity index is 1.82. The Bertz CT molecular complexity index is 1170. The lowest BCUT2D eigenvalue weighted by atomic mass is 10.0. The molecule has 0 bridgehead atoms. The number of carbonyl (C=O) groups is 1. The van der Waals surface area contributed by atoms with E-state index in [2.05, 4.69) is 24.9 Å². The topological polar surface area (TPSA) is 46.1 Å². The summed E-state index contributed by atoms with van der Waals surface area (Å²) >= 11 is 15.0. The van der Waals surface area contributed by atoms with Gasteiger partial charge in [0.2, 0.25) is 0 Å². The van der Waals surface area contributed by atoms with Gasteiger partial charge in [-0.2, -0.15) is 0 Å². The fourth-order valence-corrected chi connectivity index (χ4v) is 5.50. The molecule has 0 N–H and O–H groups in total. The molecule has 0 saturated carbocycles. The zero-order chi connectivity index (χ0) is 20.5. The zero-order valence-corrected chi connectivity index (χ0v) is 18.9. The number of thiophene rings is 1. The van der Waals surface area contributed by atoms with Crippen LogP contribution in [0.4, 0.5) is 5.13 Å². The summed E-state index contributed by atoms with van der Waals surface area (Å²) in [5, 5.41) is 0.613. The lowest BCUT2D eigenvalue weighted by molar-refractivity contribution is 0.0985. The number of thiazole rings is 1. The molecule has 0 saturated heterocycles. The van der Waals surface area contributed by atoms with Gasteiger partial charge in [0.05, 0.1) is 32.4 Å². The van der Waals surface area contributed by atoms with Crippen molar-refractivity contribution in [3.05, 3.63) is 74.2 Å². The minimum Gasteiger partial charge on any atom is -0.278 e. The Labute approximate surface area is 186 Å². The average molecular weight is 462 g/mol. The molecule has 0 spiro atoms. The van der Waals surface area contributed by atoms with E-state index in [0.29, 0.717) is 31.8 Å². The molecule has 0 fully saturated rings.